The lowest BCUT2D eigenvalue weighted by Gasteiger charge is -2.26. The number of benzene rings is 1. The summed E-state index contributed by atoms with van der Waals surface area (Å²) in [5, 5.41) is 9.05. The van der Waals surface area contributed by atoms with E-state index in [1.54, 1.807) is 13.8 Å². The lowest BCUT2D eigenvalue weighted by Crippen LogP contribution is -2.39. The van der Waals surface area contributed by atoms with Gasteiger partial charge in [0.05, 0.1) is 24.2 Å². The topological polar surface area (TPSA) is 110 Å². The Hall–Kier alpha value is -1.64. The molecule has 1 aromatic carbocycles. The number of ether oxygens (including phenoxy) is 1. The number of methoxy groups -OCH3 is 1. The number of hydrogen-bond acceptors (Lipinski definition) is 6. The van der Waals surface area contributed by atoms with Crippen molar-refractivity contribution < 1.29 is 23.1 Å². The Morgan fingerprint density at radius 3 is 2.52 bits per heavy atom. The van der Waals surface area contributed by atoms with E-state index in [-0.39, 0.29) is 35.3 Å². The average molecular weight is 316 g/mol. The summed E-state index contributed by atoms with van der Waals surface area (Å²) in [5.41, 5.74) is 5.76. The van der Waals surface area contributed by atoms with Gasteiger partial charge in [0.2, 0.25) is 10.0 Å². The number of anilines is 1. The molecule has 8 heteroatoms. The molecule has 0 aliphatic heterocycles. The number of rotatable bonds is 6. The van der Waals surface area contributed by atoms with Gasteiger partial charge in [-0.15, -0.1) is 0 Å². The molecule has 0 spiro atoms. The average Bonchev–Trinajstić information content (AvgIpc) is 2.43. The quantitative estimate of drug-likeness (QED) is 0.582. The van der Waals surface area contributed by atoms with Crippen molar-refractivity contribution in [3.8, 4) is 0 Å². The molecule has 0 amide bonds. The fourth-order valence-electron chi connectivity index (χ4n) is 1.91. The summed E-state index contributed by atoms with van der Waals surface area (Å²) < 4.78 is 31.1. The number of nitrogen functional groups attached to an aromatic ring is 1. The Morgan fingerprint density at radius 2 is 2.05 bits per heavy atom. The standard InChI is InChI=1S/C13H20N2O5S/c1-9(2)15(6-7-16)21(18,19)12-8-10(14)4-5-11(12)13(17)20-3/h4-5,8-9,16H,6-7,14H2,1-3H3. The van der Waals surface area contributed by atoms with Gasteiger partial charge < -0.3 is 15.6 Å². The first-order chi connectivity index (χ1) is 9.75. The van der Waals surface area contributed by atoms with Crippen LogP contribution in [0, 0.1) is 0 Å². The molecule has 0 atom stereocenters. The van der Waals surface area contributed by atoms with Crippen LogP contribution in [0.1, 0.15) is 24.2 Å². The van der Waals surface area contributed by atoms with E-state index in [9.17, 15) is 13.2 Å². The first-order valence-corrected chi connectivity index (χ1v) is 7.80. The van der Waals surface area contributed by atoms with Crippen LogP contribution in [0.2, 0.25) is 0 Å². The summed E-state index contributed by atoms with van der Waals surface area (Å²) >= 11 is 0. The van der Waals surface area contributed by atoms with E-state index in [0.717, 1.165) is 4.31 Å². The fourth-order valence-corrected chi connectivity index (χ4v) is 3.76. The van der Waals surface area contributed by atoms with Gasteiger partial charge >= 0.3 is 5.97 Å². The highest BCUT2D eigenvalue weighted by atomic mass is 32.2. The minimum Gasteiger partial charge on any atom is -0.465 e. The summed E-state index contributed by atoms with van der Waals surface area (Å²) in [6.07, 6.45) is 0. The monoisotopic (exact) mass is 316 g/mol. The zero-order chi connectivity index (χ0) is 16.2. The number of aliphatic hydroxyl groups is 1. The van der Waals surface area contributed by atoms with Crippen LogP contribution in [-0.2, 0) is 14.8 Å². The zero-order valence-corrected chi connectivity index (χ0v) is 13.1. The van der Waals surface area contributed by atoms with Gasteiger partial charge in [-0.25, -0.2) is 13.2 Å². The van der Waals surface area contributed by atoms with Gasteiger partial charge in [-0.2, -0.15) is 4.31 Å². The Bertz CT molecular complexity index is 613. The normalized spacial score (nSPS) is 11.9. The Kier molecular flexibility index (Phi) is 5.70. The SMILES string of the molecule is COC(=O)c1ccc(N)cc1S(=O)(=O)N(CCO)C(C)C. The van der Waals surface area contributed by atoms with E-state index >= 15 is 0 Å². The van der Waals surface area contributed by atoms with Crippen molar-refractivity contribution in [2.75, 3.05) is 26.0 Å². The van der Waals surface area contributed by atoms with E-state index in [1.807, 2.05) is 0 Å². The molecule has 0 heterocycles. The third-order valence-corrected chi connectivity index (χ3v) is 5.01. The molecule has 0 bridgehead atoms. The van der Waals surface area contributed by atoms with E-state index in [0.29, 0.717) is 0 Å². The number of sulfonamides is 1. The molecule has 118 valence electrons. The first kappa shape index (κ1) is 17.4. The number of hydrogen-bond donors (Lipinski definition) is 2. The Balaban J connectivity index is 3.48. The van der Waals surface area contributed by atoms with Gasteiger partial charge in [-0.1, -0.05) is 0 Å². The molecular formula is C13H20N2O5S. The van der Waals surface area contributed by atoms with E-state index < -0.39 is 16.0 Å². The molecule has 21 heavy (non-hydrogen) atoms. The van der Waals surface area contributed by atoms with Crippen molar-refractivity contribution in [1.82, 2.24) is 4.31 Å². The number of nitrogens with two attached hydrogens (primary N) is 1. The second-order valence-electron chi connectivity index (χ2n) is 4.68. The first-order valence-electron chi connectivity index (χ1n) is 6.36. The molecule has 0 aliphatic carbocycles. The van der Waals surface area contributed by atoms with Gasteiger partial charge in [0.1, 0.15) is 0 Å². The maximum absolute atomic E-state index is 12.7. The predicted octanol–water partition coefficient (Wildman–Crippen LogP) is 0.447. The number of aliphatic hydroxyl groups excluding tert-OH is 1. The molecule has 3 N–H and O–H groups in total. The Morgan fingerprint density at radius 1 is 1.43 bits per heavy atom. The van der Waals surface area contributed by atoms with Crippen molar-refractivity contribution in [2.24, 2.45) is 0 Å². The van der Waals surface area contributed by atoms with E-state index in [2.05, 4.69) is 4.74 Å². The molecule has 0 aliphatic rings. The zero-order valence-electron chi connectivity index (χ0n) is 12.2. The van der Waals surface area contributed by atoms with Crippen LogP contribution in [0.4, 0.5) is 5.69 Å². The van der Waals surface area contributed by atoms with Crippen molar-refractivity contribution in [1.29, 1.82) is 0 Å². The fraction of sp³-hybridized carbons (Fsp3) is 0.462. The van der Waals surface area contributed by atoms with Gasteiger partial charge in [0.25, 0.3) is 0 Å². The second-order valence-corrected chi connectivity index (χ2v) is 6.54. The smallest absolute Gasteiger partial charge is 0.339 e. The summed E-state index contributed by atoms with van der Waals surface area (Å²) in [4.78, 5) is 11.5. The lowest BCUT2D eigenvalue weighted by atomic mass is 10.2. The van der Waals surface area contributed by atoms with Crippen molar-refractivity contribution in [2.45, 2.75) is 24.8 Å². The molecule has 1 aromatic rings. The summed E-state index contributed by atoms with van der Waals surface area (Å²) in [5.74, 6) is -0.763. The molecule has 0 saturated carbocycles. The van der Waals surface area contributed by atoms with Gasteiger partial charge in [0.15, 0.2) is 0 Å². The molecule has 0 saturated heterocycles. The van der Waals surface area contributed by atoms with Gasteiger partial charge in [0, 0.05) is 18.3 Å². The van der Waals surface area contributed by atoms with Crippen molar-refractivity contribution in [3.63, 3.8) is 0 Å². The molecule has 1 rings (SSSR count). The lowest BCUT2D eigenvalue weighted by molar-refractivity contribution is 0.0596. The molecule has 0 radical (unpaired) electrons. The highest BCUT2D eigenvalue weighted by Crippen LogP contribution is 2.25. The van der Waals surface area contributed by atoms with Crippen LogP contribution in [-0.4, -0.2) is 50.1 Å². The van der Waals surface area contributed by atoms with Gasteiger partial charge in [-0.3, -0.25) is 0 Å². The predicted molar refractivity (Wildman–Crippen MR) is 78.3 cm³/mol. The van der Waals surface area contributed by atoms with Crippen molar-refractivity contribution >= 4 is 21.7 Å². The molecule has 7 nitrogen and oxygen atoms in total. The van der Waals surface area contributed by atoms with E-state index in [4.69, 9.17) is 10.8 Å². The van der Waals surface area contributed by atoms with E-state index in [1.165, 1.54) is 25.3 Å². The molecule has 0 aromatic heterocycles. The third kappa shape index (κ3) is 3.72. The highest BCUT2D eigenvalue weighted by molar-refractivity contribution is 7.89. The van der Waals surface area contributed by atoms with Crippen LogP contribution in [0.25, 0.3) is 0 Å². The van der Waals surface area contributed by atoms with Crippen LogP contribution < -0.4 is 5.73 Å². The largest absolute Gasteiger partial charge is 0.465 e. The molecule has 0 fully saturated rings. The van der Waals surface area contributed by atoms with Crippen LogP contribution in [0.15, 0.2) is 23.1 Å². The molecule has 0 unspecified atom stereocenters. The Labute approximate surface area is 124 Å². The van der Waals surface area contributed by atoms with Gasteiger partial charge in [-0.05, 0) is 32.0 Å². The maximum Gasteiger partial charge on any atom is 0.339 e. The number of carbonyl (C=O) groups excluding carboxylic acids is 1. The minimum absolute atomic E-state index is 0.0740. The highest BCUT2D eigenvalue weighted by Gasteiger charge is 2.31. The summed E-state index contributed by atoms with van der Waals surface area (Å²) in [6, 6.07) is 3.57. The molecular weight excluding hydrogens is 296 g/mol. The minimum atomic E-state index is -3.98. The summed E-state index contributed by atoms with van der Waals surface area (Å²) in [7, 11) is -2.81. The summed E-state index contributed by atoms with van der Waals surface area (Å²) in [6.45, 7) is 2.96. The number of esters is 1. The van der Waals surface area contributed by atoms with Crippen LogP contribution in [0.5, 0.6) is 0 Å². The maximum atomic E-state index is 12.7. The number of carbonyl (C=O) groups is 1. The van der Waals surface area contributed by atoms with Crippen LogP contribution >= 0.6 is 0 Å². The number of nitrogens with zero attached hydrogens (tertiary/aromatic N) is 1. The van der Waals surface area contributed by atoms with Crippen molar-refractivity contribution in [3.05, 3.63) is 23.8 Å². The van der Waals surface area contributed by atoms with Crippen LogP contribution in [0.3, 0.4) is 0 Å². The second kappa shape index (κ2) is 6.88. The third-order valence-electron chi connectivity index (χ3n) is 2.89.